The molecule has 2 unspecified atom stereocenters. The third-order valence-corrected chi connectivity index (χ3v) is 11.0. The molecule has 0 aliphatic carbocycles. The van der Waals surface area contributed by atoms with Crippen molar-refractivity contribution in [3.63, 3.8) is 0 Å². The van der Waals surface area contributed by atoms with Crippen LogP contribution in [-0.4, -0.2) is 91.5 Å². The Morgan fingerprint density at radius 3 is 2.45 bits per heavy atom. The van der Waals surface area contributed by atoms with Crippen LogP contribution in [0.1, 0.15) is 50.4 Å². The predicted octanol–water partition coefficient (Wildman–Crippen LogP) is 3.12. The van der Waals surface area contributed by atoms with Crippen LogP contribution in [0, 0.1) is 0 Å². The van der Waals surface area contributed by atoms with E-state index in [1.165, 1.54) is 15.9 Å². The fraction of sp³-hybridized carbons (Fsp3) is 0.378. The van der Waals surface area contributed by atoms with Crippen molar-refractivity contribution in [2.75, 3.05) is 46.3 Å². The average molecular weight is 713 g/mol. The van der Waals surface area contributed by atoms with Crippen LogP contribution in [-0.2, 0) is 29.7 Å². The second-order valence-electron chi connectivity index (χ2n) is 13.6. The fourth-order valence-corrected chi connectivity index (χ4v) is 8.37. The number of pyridine rings is 1. The zero-order chi connectivity index (χ0) is 36.1. The Balaban J connectivity index is 1.09. The summed E-state index contributed by atoms with van der Waals surface area (Å²) in [6.07, 6.45) is 3.00. The van der Waals surface area contributed by atoms with Crippen LogP contribution in [0.25, 0.3) is 21.2 Å². The van der Waals surface area contributed by atoms with Gasteiger partial charge in [-0.2, -0.15) is 0 Å². The second kappa shape index (κ2) is 13.5. The van der Waals surface area contributed by atoms with Crippen molar-refractivity contribution in [1.29, 1.82) is 0 Å². The first-order chi connectivity index (χ1) is 24.4. The number of fused-ring (bicyclic) bond motifs is 2. The molecule has 14 heteroatoms. The zero-order valence-electron chi connectivity index (χ0n) is 29.2. The molecule has 5 heterocycles. The summed E-state index contributed by atoms with van der Waals surface area (Å²) < 4.78 is 13.7. The highest BCUT2D eigenvalue weighted by atomic mass is 32.1. The van der Waals surface area contributed by atoms with Gasteiger partial charge < -0.3 is 34.1 Å². The third-order valence-electron chi connectivity index (χ3n) is 9.87. The number of piperidine rings is 1. The molecule has 2 aromatic carbocycles. The first-order valence-corrected chi connectivity index (χ1v) is 17.6. The van der Waals surface area contributed by atoms with E-state index in [9.17, 15) is 24.0 Å². The lowest BCUT2D eigenvalue weighted by atomic mass is 10.0. The summed E-state index contributed by atoms with van der Waals surface area (Å²) in [7, 11) is 8.88. The number of benzene rings is 2. The number of hydrogen-bond acceptors (Lipinski definition) is 10. The van der Waals surface area contributed by atoms with E-state index in [2.05, 4.69) is 15.5 Å². The molecular formula is C37H40N6O7S. The number of aryl methyl sites for hydroxylation is 1. The van der Waals surface area contributed by atoms with E-state index in [-0.39, 0.29) is 35.7 Å². The summed E-state index contributed by atoms with van der Waals surface area (Å²) in [6, 6.07) is 10.5. The number of nitrogens with one attached hydrogen (secondary N) is 2. The van der Waals surface area contributed by atoms with Gasteiger partial charge in [0.1, 0.15) is 17.5 Å². The molecule has 2 aromatic heterocycles. The van der Waals surface area contributed by atoms with Gasteiger partial charge in [-0.3, -0.25) is 29.3 Å². The van der Waals surface area contributed by atoms with Crippen molar-refractivity contribution in [3.05, 3.63) is 74.5 Å². The SMILES string of the molecule is COc1cc(-c2cn(C)c(=O)c3cc(C(=O)NC4CCN(c5ccc6c(c5)C(=O)N(C5CCC(=O)NC5=O)C6)C4)sc23)cc(OC)c1CN(C)C. The number of methoxy groups -OCH3 is 2. The zero-order valence-corrected chi connectivity index (χ0v) is 30.0. The topological polar surface area (TPSA) is 143 Å². The van der Waals surface area contributed by atoms with E-state index >= 15 is 0 Å². The number of anilines is 1. The van der Waals surface area contributed by atoms with Crippen LogP contribution >= 0.6 is 11.3 Å². The maximum Gasteiger partial charge on any atom is 0.261 e. The quantitative estimate of drug-likeness (QED) is 0.251. The van der Waals surface area contributed by atoms with Crippen molar-refractivity contribution in [1.82, 2.24) is 25.0 Å². The van der Waals surface area contributed by atoms with Crippen molar-refractivity contribution in [3.8, 4) is 22.6 Å². The minimum absolute atomic E-state index is 0.147. The largest absolute Gasteiger partial charge is 0.496 e. The molecule has 0 saturated carbocycles. The molecule has 0 radical (unpaired) electrons. The molecule has 2 saturated heterocycles. The van der Waals surface area contributed by atoms with E-state index in [0.717, 1.165) is 27.9 Å². The number of nitrogens with zero attached hydrogens (tertiary/aromatic N) is 4. The number of ether oxygens (including phenoxy) is 2. The van der Waals surface area contributed by atoms with E-state index < -0.39 is 11.9 Å². The van der Waals surface area contributed by atoms with Gasteiger partial charge in [-0.25, -0.2) is 0 Å². The summed E-state index contributed by atoms with van der Waals surface area (Å²) in [5.41, 5.74) is 4.57. The number of carbonyl (C=O) groups is 4. The van der Waals surface area contributed by atoms with Gasteiger partial charge in [0.05, 0.1) is 30.0 Å². The third kappa shape index (κ3) is 6.33. The van der Waals surface area contributed by atoms with Crippen LogP contribution in [0.5, 0.6) is 11.5 Å². The first-order valence-electron chi connectivity index (χ1n) is 16.8. The number of imide groups is 1. The van der Waals surface area contributed by atoms with Gasteiger partial charge in [-0.1, -0.05) is 6.07 Å². The number of carbonyl (C=O) groups excluding carboxylic acids is 4. The van der Waals surface area contributed by atoms with E-state index in [0.29, 0.717) is 71.0 Å². The van der Waals surface area contributed by atoms with Crippen LogP contribution in [0.15, 0.2) is 47.4 Å². The van der Waals surface area contributed by atoms with Crippen molar-refractivity contribution in [2.45, 2.75) is 44.4 Å². The van der Waals surface area contributed by atoms with Gasteiger partial charge in [0.25, 0.3) is 17.4 Å². The highest BCUT2D eigenvalue weighted by Crippen LogP contribution is 2.40. The van der Waals surface area contributed by atoms with Crippen LogP contribution in [0.3, 0.4) is 0 Å². The highest BCUT2D eigenvalue weighted by molar-refractivity contribution is 7.21. The molecule has 2 N–H and O–H groups in total. The smallest absolute Gasteiger partial charge is 0.261 e. The summed E-state index contributed by atoms with van der Waals surface area (Å²) in [5, 5.41) is 5.96. The van der Waals surface area contributed by atoms with Crippen LogP contribution < -0.4 is 30.6 Å². The van der Waals surface area contributed by atoms with Gasteiger partial charge in [-0.05, 0) is 68.4 Å². The molecule has 3 aliphatic rings. The average Bonchev–Trinajstić information content (AvgIpc) is 3.84. The normalized spacial score (nSPS) is 18.8. The van der Waals surface area contributed by atoms with E-state index in [4.69, 9.17) is 9.47 Å². The standard InChI is InChI=1S/C37H40N6O7S/c1-40(2)18-27-29(49-4)12-21(13-30(27)50-5)26-19-41(3)36(47)25-15-31(51-33(25)26)35(46)38-22-10-11-42(17-22)23-7-6-20-16-43(37(48)24(20)14-23)28-8-9-32(44)39-34(28)45/h6-7,12-15,19,22,28H,8-11,16-18H2,1-5H3,(H,38,46)(H,39,44,45). The number of thiophene rings is 1. The molecule has 4 aromatic rings. The van der Waals surface area contributed by atoms with Crippen molar-refractivity contribution < 1.29 is 28.7 Å². The highest BCUT2D eigenvalue weighted by Gasteiger charge is 2.39. The summed E-state index contributed by atoms with van der Waals surface area (Å²) in [4.78, 5) is 70.5. The lowest BCUT2D eigenvalue weighted by molar-refractivity contribution is -0.136. The van der Waals surface area contributed by atoms with Gasteiger partial charge >= 0.3 is 0 Å². The minimum atomic E-state index is -0.665. The Hall–Kier alpha value is -5.21. The monoisotopic (exact) mass is 712 g/mol. The molecule has 0 bridgehead atoms. The molecule has 3 aliphatic heterocycles. The maximum atomic E-state index is 13.7. The summed E-state index contributed by atoms with van der Waals surface area (Å²) in [5.74, 6) is 0.108. The molecule has 266 valence electrons. The van der Waals surface area contributed by atoms with Gasteiger partial charge in [0, 0.05) is 73.4 Å². The van der Waals surface area contributed by atoms with E-state index in [1.54, 1.807) is 38.4 Å². The maximum absolute atomic E-state index is 13.7. The molecule has 51 heavy (non-hydrogen) atoms. The van der Waals surface area contributed by atoms with Gasteiger partial charge in [0.15, 0.2) is 0 Å². The van der Waals surface area contributed by atoms with Crippen LogP contribution in [0.4, 0.5) is 5.69 Å². The fourth-order valence-electron chi connectivity index (χ4n) is 7.29. The Bertz CT molecular complexity index is 2130. The number of aromatic nitrogens is 1. The van der Waals surface area contributed by atoms with Gasteiger partial charge in [-0.15, -0.1) is 11.3 Å². The second-order valence-corrected chi connectivity index (χ2v) is 14.6. The Kier molecular flexibility index (Phi) is 9.06. The molecular weight excluding hydrogens is 673 g/mol. The molecule has 13 nitrogen and oxygen atoms in total. The van der Waals surface area contributed by atoms with Crippen LogP contribution in [0.2, 0.25) is 0 Å². The molecule has 2 atom stereocenters. The lowest BCUT2D eigenvalue weighted by Crippen LogP contribution is -2.52. The number of rotatable bonds is 9. The Labute approximate surface area is 298 Å². The van der Waals surface area contributed by atoms with E-state index in [1.807, 2.05) is 49.3 Å². The molecule has 4 amide bonds. The van der Waals surface area contributed by atoms with Crippen molar-refractivity contribution >= 4 is 50.7 Å². The minimum Gasteiger partial charge on any atom is -0.496 e. The predicted molar refractivity (Wildman–Crippen MR) is 194 cm³/mol. The molecule has 2 fully saturated rings. The molecule has 7 rings (SSSR count). The van der Waals surface area contributed by atoms with Crippen molar-refractivity contribution in [2.24, 2.45) is 7.05 Å². The first kappa shape index (κ1) is 34.2. The number of hydrogen-bond donors (Lipinski definition) is 2. The Morgan fingerprint density at radius 1 is 1.02 bits per heavy atom. The number of amides is 4. The summed E-state index contributed by atoms with van der Waals surface area (Å²) in [6.45, 7) is 2.17. The summed E-state index contributed by atoms with van der Waals surface area (Å²) >= 11 is 1.28. The lowest BCUT2D eigenvalue weighted by Gasteiger charge is -2.29. The Morgan fingerprint density at radius 2 is 1.76 bits per heavy atom. The van der Waals surface area contributed by atoms with Gasteiger partial charge in [0.2, 0.25) is 11.8 Å². The molecule has 0 spiro atoms.